The first kappa shape index (κ1) is 17.3. The number of nitrogens with one attached hydrogen (secondary N) is 1. The number of aromatic nitrogens is 2. The van der Waals surface area contributed by atoms with Crippen LogP contribution in [0.4, 0.5) is 11.6 Å². The smallest absolute Gasteiger partial charge is 0.227 e. The van der Waals surface area contributed by atoms with Gasteiger partial charge in [-0.1, -0.05) is 0 Å². The quantitative estimate of drug-likeness (QED) is 0.755. The Labute approximate surface area is 154 Å². The lowest BCUT2D eigenvalue weighted by Gasteiger charge is -2.38. The molecular formula is C21H27N3O2. The molecule has 138 valence electrons. The first-order chi connectivity index (χ1) is 12.7. The highest BCUT2D eigenvalue weighted by molar-refractivity contribution is 5.54. The highest BCUT2D eigenvalue weighted by Gasteiger charge is 2.34. The van der Waals surface area contributed by atoms with Gasteiger partial charge in [0.05, 0.1) is 6.10 Å². The summed E-state index contributed by atoms with van der Waals surface area (Å²) in [6.45, 7) is 3.03. The third-order valence-corrected chi connectivity index (χ3v) is 5.82. The first-order valence-electron chi connectivity index (χ1n) is 9.67. The van der Waals surface area contributed by atoms with Crippen LogP contribution >= 0.6 is 0 Å². The van der Waals surface area contributed by atoms with Crippen molar-refractivity contribution < 1.29 is 9.84 Å². The number of benzene rings is 1. The van der Waals surface area contributed by atoms with Gasteiger partial charge >= 0.3 is 0 Å². The molecule has 2 aliphatic rings. The molecule has 2 N–H and O–H groups in total. The van der Waals surface area contributed by atoms with Crippen molar-refractivity contribution in [1.82, 2.24) is 9.97 Å². The van der Waals surface area contributed by atoms with Crippen molar-refractivity contribution in [3.05, 3.63) is 41.7 Å². The van der Waals surface area contributed by atoms with E-state index in [9.17, 15) is 5.11 Å². The lowest BCUT2D eigenvalue weighted by Crippen LogP contribution is -2.31. The average molecular weight is 353 g/mol. The zero-order valence-electron chi connectivity index (χ0n) is 15.3. The van der Waals surface area contributed by atoms with Crippen LogP contribution in [0.15, 0.2) is 30.5 Å². The Balaban J connectivity index is 1.40. The molecule has 4 rings (SSSR count). The van der Waals surface area contributed by atoms with Crippen LogP contribution in [0.5, 0.6) is 5.75 Å². The summed E-state index contributed by atoms with van der Waals surface area (Å²) in [4.78, 5) is 9.17. The summed E-state index contributed by atoms with van der Waals surface area (Å²) >= 11 is 0. The van der Waals surface area contributed by atoms with Gasteiger partial charge in [0, 0.05) is 24.2 Å². The number of ether oxygens (including phenoxy) is 1. The molecule has 3 unspecified atom stereocenters. The SMILES string of the molecule is Cc1cnc(Nc2ccc(O)cc2)nc1CC1CCC1CC1CCCO1. The lowest BCUT2D eigenvalue weighted by atomic mass is 9.68. The number of hydrogen-bond acceptors (Lipinski definition) is 5. The molecule has 1 aliphatic heterocycles. The van der Waals surface area contributed by atoms with Gasteiger partial charge in [0.2, 0.25) is 5.95 Å². The molecule has 1 saturated heterocycles. The predicted molar refractivity (Wildman–Crippen MR) is 102 cm³/mol. The standard InChI is InChI=1S/C21H27N3O2/c1-14-13-22-21(23-17-6-8-18(25)9-7-17)24-20(14)12-16-5-4-15(16)11-19-3-2-10-26-19/h6-9,13,15-16,19,25H,2-5,10-12H2,1H3,(H,22,23,24). The Morgan fingerprint density at radius 1 is 1.15 bits per heavy atom. The maximum absolute atomic E-state index is 9.39. The van der Waals surface area contributed by atoms with Gasteiger partial charge in [-0.15, -0.1) is 0 Å². The maximum atomic E-state index is 9.39. The second-order valence-corrected chi connectivity index (χ2v) is 7.67. The van der Waals surface area contributed by atoms with Crippen LogP contribution in [0, 0.1) is 18.8 Å². The third kappa shape index (κ3) is 3.98. The van der Waals surface area contributed by atoms with Crippen LogP contribution in [-0.4, -0.2) is 27.8 Å². The van der Waals surface area contributed by atoms with Crippen LogP contribution < -0.4 is 5.32 Å². The van der Waals surface area contributed by atoms with Crippen LogP contribution in [0.1, 0.15) is 43.4 Å². The molecule has 1 aromatic carbocycles. The predicted octanol–water partition coefficient (Wildman–Crippen LogP) is 4.37. The average Bonchev–Trinajstić information content (AvgIpc) is 3.14. The Bertz CT molecular complexity index is 741. The lowest BCUT2D eigenvalue weighted by molar-refractivity contribution is 0.0501. The van der Waals surface area contributed by atoms with Crippen molar-refractivity contribution in [2.75, 3.05) is 11.9 Å². The van der Waals surface area contributed by atoms with Crippen molar-refractivity contribution in [2.45, 2.75) is 51.6 Å². The maximum Gasteiger partial charge on any atom is 0.227 e. The van der Waals surface area contributed by atoms with E-state index < -0.39 is 0 Å². The van der Waals surface area contributed by atoms with E-state index in [1.165, 1.54) is 32.1 Å². The van der Waals surface area contributed by atoms with Crippen LogP contribution in [0.3, 0.4) is 0 Å². The minimum absolute atomic E-state index is 0.253. The molecule has 0 amide bonds. The van der Waals surface area contributed by atoms with Crippen LogP contribution in [-0.2, 0) is 11.2 Å². The van der Waals surface area contributed by atoms with Crippen LogP contribution in [0.25, 0.3) is 0 Å². The van der Waals surface area contributed by atoms with Gasteiger partial charge in [0.15, 0.2) is 0 Å². The third-order valence-electron chi connectivity index (χ3n) is 5.82. The number of phenols is 1. The number of nitrogens with zero attached hydrogens (tertiary/aromatic N) is 2. The molecule has 2 heterocycles. The monoisotopic (exact) mass is 353 g/mol. The summed E-state index contributed by atoms with van der Waals surface area (Å²) in [7, 11) is 0. The van der Waals surface area contributed by atoms with Crippen molar-refractivity contribution in [3.8, 4) is 5.75 Å². The Kier molecular flexibility index (Phi) is 5.07. The van der Waals surface area contributed by atoms with E-state index in [0.717, 1.165) is 35.9 Å². The number of phenolic OH excluding ortho intramolecular Hbond substituents is 1. The zero-order chi connectivity index (χ0) is 17.9. The van der Waals surface area contributed by atoms with Gasteiger partial charge in [-0.05, 0) is 87.1 Å². The van der Waals surface area contributed by atoms with E-state index in [4.69, 9.17) is 9.72 Å². The minimum Gasteiger partial charge on any atom is -0.508 e. The Morgan fingerprint density at radius 3 is 2.65 bits per heavy atom. The topological polar surface area (TPSA) is 67.3 Å². The minimum atomic E-state index is 0.253. The van der Waals surface area contributed by atoms with Gasteiger partial charge in [0.1, 0.15) is 5.75 Å². The number of anilines is 2. The molecule has 26 heavy (non-hydrogen) atoms. The molecular weight excluding hydrogens is 326 g/mol. The highest BCUT2D eigenvalue weighted by atomic mass is 16.5. The van der Waals surface area contributed by atoms with E-state index in [1.807, 2.05) is 18.3 Å². The molecule has 1 aromatic heterocycles. The molecule has 0 bridgehead atoms. The van der Waals surface area contributed by atoms with E-state index in [2.05, 4.69) is 17.2 Å². The molecule has 1 aliphatic carbocycles. The van der Waals surface area contributed by atoms with E-state index in [-0.39, 0.29) is 5.75 Å². The Hall–Kier alpha value is -2.14. The van der Waals surface area contributed by atoms with E-state index >= 15 is 0 Å². The first-order valence-corrected chi connectivity index (χ1v) is 9.67. The fourth-order valence-corrected chi connectivity index (χ4v) is 4.05. The summed E-state index contributed by atoms with van der Waals surface area (Å²) in [6, 6.07) is 6.95. The van der Waals surface area contributed by atoms with Gasteiger partial charge < -0.3 is 15.2 Å². The Morgan fingerprint density at radius 2 is 1.96 bits per heavy atom. The van der Waals surface area contributed by atoms with E-state index in [0.29, 0.717) is 18.0 Å². The molecule has 5 heteroatoms. The van der Waals surface area contributed by atoms with E-state index in [1.54, 1.807) is 12.1 Å². The van der Waals surface area contributed by atoms with Crippen molar-refractivity contribution in [2.24, 2.45) is 11.8 Å². The molecule has 5 nitrogen and oxygen atoms in total. The largest absolute Gasteiger partial charge is 0.508 e. The number of rotatable bonds is 6. The van der Waals surface area contributed by atoms with Crippen molar-refractivity contribution in [1.29, 1.82) is 0 Å². The molecule has 0 spiro atoms. The summed E-state index contributed by atoms with van der Waals surface area (Å²) in [6.07, 6.45) is 9.70. The van der Waals surface area contributed by atoms with Crippen molar-refractivity contribution >= 4 is 11.6 Å². The normalized spacial score (nSPS) is 25.0. The molecule has 1 saturated carbocycles. The molecule has 2 aromatic rings. The highest BCUT2D eigenvalue weighted by Crippen LogP contribution is 2.41. The summed E-state index contributed by atoms with van der Waals surface area (Å²) in [5.74, 6) is 2.37. The zero-order valence-corrected chi connectivity index (χ0v) is 15.3. The molecule has 3 atom stereocenters. The molecule has 0 radical (unpaired) electrons. The van der Waals surface area contributed by atoms with Gasteiger partial charge in [-0.3, -0.25) is 0 Å². The second kappa shape index (κ2) is 7.62. The number of hydrogen-bond donors (Lipinski definition) is 2. The fraction of sp³-hybridized carbons (Fsp3) is 0.524. The van der Waals surface area contributed by atoms with Crippen LogP contribution in [0.2, 0.25) is 0 Å². The van der Waals surface area contributed by atoms with Crippen molar-refractivity contribution in [3.63, 3.8) is 0 Å². The fourth-order valence-electron chi connectivity index (χ4n) is 4.05. The summed E-state index contributed by atoms with van der Waals surface area (Å²) < 4.78 is 5.82. The summed E-state index contributed by atoms with van der Waals surface area (Å²) in [5.41, 5.74) is 3.17. The van der Waals surface area contributed by atoms with Gasteiger partial charge in [-0.25, -0.2) is 9.97 Å². The summed E-state index contributed by atoms with van der Waals surface area (Å²) in [5, 5.41) is 12.6. The number of aromatic hydroxyl groups is 1. The second-order valence-electron chi connectivity index (χ2n) is 7.67. The number of aryl methyl sites for hydroxylation is 1. The van der Waals surface area contributed by atoms with Gasteiger partial charge in [0.25, 0.3) is 0 Å². The molecule has 2 fully saturated rings. The van der Waals surface area contributed by atoms with Gasteiger partial charge in [-0.2, -0.15) is 0 Å².